The molecule has 2 fully saturated rings. The minimum absolute atomic E-state index is 0.0510. The second-order valence-corrected chi connectivity index (χ2v) is 5.51. The van der Waals surface area contributed by atoms with E-state index in [0.29, 0.717) is 12.0 Å². The van der Waals surface area contributed by atoms with Gasteiger partial charge in [0.05, 0.1) is 12.1 Å². The Morgan fingerprint density at radius 1 is 1.44 bits per heavy atom. The number of amides is 2. The largest absolute Gasteiger partial charge is 0.394 e. The molecule has 0 bridgehead atoms. The molecule has 3 N–H and O–H groups in total. The van der Waals surface area contributed by atoms with Crippen molar-refractivity contribution in [3.63, 3.8) is 0 Å². The van der Waals surface area contributed by atoms with Crippen molar-refractivity contribution < 1.29 is 9.90 Å². The first-order valence-corrected chi connectivity index (χ1v) is 6.33. The molecule has 16 heavy (non-hydrogen) atoms. The first-order valence-electron chi connectivity index (χ1n) is 6.33. The molecule has 0 spiro atoms. The van der Waals surface area contributed by atoms with Gasteiger partial charge in [0.1, 0.15) is 0 Å². The smallest absolute Gasteiger partial charge is 0.315 e. The molecule has 0 aliphatic heterocycles. The van der Waals surface area contributed by atoms with Crippen molar-refractivity contribution in [3.05, 3.63) is 0 Å². The number of urea groups is 1. The molecule has 2 unspecified atom stereocenters. The van der Waals surface area contributed by atoms with Crippen LogP contribution in [-0.2, 0) is 0 Å². The predicted octanol–water partition coefficient (Wildman–Crippen LogP) is 1.39. The monoisotopic (exact) mass is 226 g/mol. The summed E-state index contributed by atoms with van der Waals surface area (Å²) < 4.78 is 0. The van der Waals surface area contributed by atoms with Gasteiger partial charge in [-0.1, -0.05) is 19.8 Å². The second kappa shape index (κ2) is 4.62. The molecule has 2 aliphatic rings. The van der Waals surface area contributed by atoms with Crippen molar-refractivity contribution in [1.82, 2.24) is 10.6 Å². The highest BCUT2D eigenvalue weighted by molar-refractivity contribution is 5.75. The molecule has 2 rings (SSSR count). The summed E-state index contributed by atoms with van der Waals surface area (Å²) in [4.78, 5) is 11.7. The van der Waals surface area contributed by atoms with E-state index in [9.17, 15) is 9.90 Å². The van der Waals surface area contributed by atoms with E-state index in [1.807, 2.05) is 0 Å². The Balaban J connectivity index is 1.88. The summed E-state index contributed by atoms with van der Waals surface area (Å²) in [6.45, 7) is 2.24. The van der Waals surface area contributed by atoms with Crippen molar-refractivity contribution in [3.8, 4) is 0 Å². The highest BCUT2D eigenvalue weighted by atomic mass is 16.3. The first-order chi connectivity index (χ1) is 7.63. The predicted molar refractivity (Wildman–Crippen MR) is 62.1 cm³/mol. The van der Waals surface area contributed by atoms with Crippen LogP contribution in [0.1, 0.15) is 45.4 Å². The van der Waals surface area contributed by atoms with Gasteiger partial charge >= 0.3 is 6.03 Å². The molecule has 4 nitrogen and oxygen atoms in total. The second-order valence-electron chi connectivity index (χ2n) is 5.51. The molecule has 2 amide bonds. The standard InChI is InChI=1S/C12H22N2O2/c1-9-3-2-6-12(7-9,8-15)14-11(16)13-10-4-5-10/h9-10,15H,2-8H2,1H3,(H2,13,14,16). The van der Waals surface area contributed by atoms with E-state index in [4.69, 9.17) is 0 Å². The number of nitrogens with one attached hydrogen (secondary N) is 2. The molecule has 0 aromatic rings. The summed E-state index contributed by atoms with van der Waals surface area (Å²) in [5, 5.41) is 15.4. The minimum Gasteiger partial charge on any atom is -0.394 e. The molecule has 0 radical (unpaired) electrons. The van der Waals surface area contributed by atoms with E-state index in [-0.39, 0.29) is 18.2 Å². The van der Waals surface area contributed by atoms with E-state index in [1.54, 1.807) is 0 Å². The zero-order valence-corrected chi connectivity index (χ0v) is 9.96. The molecule has 4 heteroatoms. The lowest BCUT2D eigenvalue weighted by Crippen LogP contribution is -2.56. The fourth-order valence-corrected chi connectivity index (χ4v) is 2.65. The molecule has 0 aromatic carbocycles. The maximum Gasteiger partial charge on any atom is 0.315 e. The number of rotatable bonds is 3. The highest BCUT2D eigenvalue weighted by Crippen LogP contribution is 2.32. The number of aliphatic hydroxyl groups is 1. The van der Waals surface area contributed by atoms with Crippen LogP contribution >= 0.6 is 0 Å². The lowest BCUT2D eigenvalue weighted by molar-refractivity contribution is 0.105. The third-order valence-electron chi connectivity index (χ3n) is 3.69. The van der Waals surface area contributed by atoms with Gasteiger partial charge in [-0.25, -0.2) is 4.79 Å². The quantitative estimate of drug-likeness (QED) is 0.681. The van der Waals surface area contributed by atoms with E-state index in [2.05, 4.69) is 17.6 Å². The molecular weight excluding hydrogens is 204 g/mol. The number of hydrogen-bond donors (Lipinski definition) is 3. The van der Waals surface area contributed by atoms with Crippen LogP contribution in [0.3, 0.4) is 0 Å². The summed E-state index contributed by atoms with van der Waals surface area (Å²) in [5.41, 5.74) is -0.378. The number of carbonyl (C=O) groups is 1. The third kappa shape index (κ3) is 2.88. The van der Waals surface area contributed by atoms with Crippen LogP contribution in [0.4, 0.5) is 4.79 Å². The van der Waals surface area contributed by atoms with Gasteiger partial charge in [-0.15, -0.1) is 0 Å². The molecule has 0 saturated heterocycles. The van der Waals surface area contributed by atoms with Crippen LogP contribution in [0.25, 0.3) is 0 Å². The van der Waals surface area contributed by atoms with Crippen molar-refractivity contribution >= 4 is 6.03 Å². The minimum atomic E-state index is -0.378. The molecular formula is C12H22N2O2. The van der Waals surface area contributed by atoms with Gasteiger partial charge in [-0.3, -0.25) is 0 Å². The van der Waals surface area contributed by atoms with Gasteiger partial charge in [-0.05, 0) is 31.6 Å². The van der Waals surface area contributed by atoms with Gasteiger partial charge < -0.3 is 15.7 Å². The average molecular weight is 226 g/mol. The summed E-state index contributed by atoms with van der Waals surface area (Å²) in [7, 11) is 0. The summed E-state index contributed by atoms with van der Waals surface area (Å²) in [5.74, 6) is 0.585. The summed E-state index contributed by atoms with van der Waals surface area (Å²) >= 11 is 0. The molecule has 2 aliphatic carbocycles. The Morgan fingerprint density at radius 3 is 2.75 bits per heavy atom. The van der Waals surface area contributed by atoms with Crippen molar-refractivity contribution in [2.45, 2.75) is 57.0 Å². The van der Waals surface area contributed by atoms with Crippen molar-refractivity contribution in [2.24, 2.45) is 5.92 Å². The fraction of sp³-hybridized carbons (Fsp3) is 0.917. The van der Waals surface area contributed by atoms with Crippen molar-refractivity contribution in [1.29, 1.82) is 0 Å². The number of aliphatic hydroxyl groups excluding tert-OH is 1. The Kier molecular flexibility index (Phi) is 3.38. The summed E-state index contributed by atoms with van der Waals surface area (Å²) in [6.07, 6.45) is 6.26. The normalized spacial score (nSPS) is 34.5. The van der Waals surface area contributed by atoms with Gasteiger partial charge in [0, 0.05) is 6.04 Å². The van der Waals surface area contributed by atoms with Crippen LogP contribution in [-0.4, -0.2) is 29.3 Å². The lowest BCUT2D eigenvalue weighted by atomic mass is 9.77. The number of hydrogen-bond acceptors (Lipinski definition) is 2. The highest BCUT2D eigenvalue weighted by Gasteiger charge is 2.36. The summed E-state index contributed by atoms with van der Waals surface area (Å²) in [6, 6.07) is 0.266. The van der Waals surface area contributed by atoms with Crippen LogP contribution in [0.5, 0.6) is 0 Å². The topological polar surface area (TPSA) is 61.4 Å². The Labute approximate surface area is 96.8 Å². The zero-order chi connectivity index (χ0) is 11.6. The zero-order valence-electron chi connectivity index (χ0n) is 9.96. The van der Waals surface area contributed by atoms with Crippen LogP contribution < -0.4 is 10.6 Å². The lowest BCUT2D eigenvalue weighted by Gasteiger charge is -2.39. The molecule has 2 saturated carbocycles. The maximum absolute atomic E-state index is 11.7. The van der Waals surface area contributed by atoms with Crippen LogP contribution in [0.15, 0.2) is 0 Å². The van der Waals surface area contributed by atoms with Gasteiger partial charge in [-0.2, -0.15) is 0 Å². The molecule has 2 atom stereocenters. The van der Waals surface area contributed by atoms with Gasteiger partial charge in [0.25, 0.3) is 0 Å². The van der Waals surface area contributed by atoms with E-state index in [1.165, 1.54) is 6.42 Å². The van der Waals surface area contributed by atoms with E-state index in [0.717, 1.165) is 32.1 Å². The van der Waals surface area contributed by atoms with Crippen LogP contribution in [0, 0.1) is 5.92 Å². The Morgan fingerprint density at radius 2 is 2.19 bits per heavy atom. The maximum atomic E-state index is 11.7. The van der Waals surface area contributed by atoms with Gasteiger partial charge in [0.15, 0.2) is 0 Å². The van der Waals surface area contributed by atoms with Crippen LogP contribution in [0.2, 0.25) is 0 Å². The molecule has 92 valence electrons. The van der Waals surface area contributed by atoms with E-state index < -0.39 is 0 Å². The molecule has 0 aromatic heterocycles. The number of carbonyl (C=O) groups excluding carboxylic acids is 1. The van der Waals surface area contributed by atoms with Crippen molar-refractivity contribution in [2.75, 3.05) is 6.61 Å². The fourth-order valence-electron chi connectivity index (χ4n) is 2.65. The average Bonchev–Trinajstić information content (AvgIpc) is 3.01. The molecule has 0 heterocycles. The Bertz CT molecular complexity index is 266. The third-order valence-corrected chi connectivity index (χ3v) is 3.69. The van der Waals surface area contributed by atoms with Gasteiger partial charge in [0.2, 0.25) is 0 Å². The van der Waals surface area contributed by atoms with E-state index >= 15 is 0 Å². The Hall–Kier alpha value is -0.770. The SMILES string of the molecule is CC1CCCC(CO)(NC(=O)NC2CC2)C1. The first kappa shape index (κ1) is 11.7.